The monoisotopic (exact) mass is 542 g/mol. The molecule has 1 aromatic heterocycles. The molecule has 1 aliphatic rings. The summed E-state index contributed by atoms with van der Waals surface area (Å²) in [5.74, 6) is 1.70. The average Bonchev–Trinajstić information content (AvgIpc) is 3.11. The molecule has 2 aromatic rings. The van der Waals surface area contributed by atoms with Gasteiger partial charge in [-0.15, -0.1) is 24.0 Å². The molecule has 0 saturated heterocycles. The van der Waals surface area contributed by atoms with Crippen LogP contribution >= 0.6 is 24.0 Å². The molecule has 0 fully saturated rings. The van der Waals surface area contributed by atoms with E-state index in [9.17, 15) is 4.79 Å². The van der Waals surface area contributed by atoms with Crippen molar-refractivity contribution >= 4 is 29.9 Å². The van der Waals surface area contributed by atoms with Crippen molar-refractivity contribution in [1.29, 1.82) is 0 Å². The number of aliphatic imine (C=N–C) groups is 1. The zero-order valence-corrected chi connectivity index (χ0v) is 20.9. The Balaban J connectivity index is 0.00000341. The molecule has 3 rings (SSSR count). The van der Waals surface area contributed by atoms with Gasteiger partial charge in [0.2, 0.25) is 0 Å². The number of aromatic nitrogens is 3. The summed E-state index contributed by atoms with van der Waals surface area (Å²) in [6.45, 7) is 5.70. The number of nitrogens with zero attached hydrogens (tertiary/aromatic N) is 4. The summed E-state index contributed by atoms with van der Waals surface area (Å²) >= 11 is 0. The van der Waals surface area contributed by atoms with Crippen LogP contribution in [-0.2, 0) is 24.2 Å². The normalized spacial score (nSPS) is 14.5. The molecule has 0 saturated carbocycles. The first-order chi connectivity index (χ1) is 14.7. The fourth-order valence-electron chi connectivity index (χ4n) is 3.61. The van der Waals surface area contributed by atoms with Gasteiger partial charge in [0.1, 0.15) is 5.82 Å². The van der Waals surface area contributed by atoms with Crippen molar-refractivity contribution in [3.8, 4) is 0 Å². The zero-order valence-electron chi connectivity index (χ0n) is 18.5. The third-order valence-electron chi connectivity index (χ3n) is 5.34. The van der Waals surface area contributed by atoms with Gasteiger partial charge in [-0.1, -0.05) is 30.3 Å². The van der Waals surface area contributed by atoms with Crippen molar-refractivity contribution in [1.82, 2.24) is 25.0 Å². The second-order valence-corrected chi connectivity index (χ2v) is 7.59. The molecule has 172 valence electrons. The van der Waals surface area contributed by atoms with Crippen LogP contribution in [0.4, 0.5) is 0 Å². The van der Waals surface area contributed by atoms with Crippen LogP contribution in [0, 0.1) is 0 Å². The van der Waals surface area contributed by atoms with E-state index in [0.29, 0.717) is 13.2 Å². The second-order valence-electron chi connectivity index (χ2n) is 7.59. The van der Waals surface area contributed by atoms with E-state index in [1.165, 1.54) is 5.56 Å². The summed E-state index contributed by atoms with van der Waals surface area (Å²) in [7, 11) is 1.76. The fourth-order valence-corrected chi connectivity index (χ4v) is 3.61. The molecular formula is C22H35IN6O2. The molecule has 0 aliphatic carbocycles. The van der Waals surface area contributed by atoms with E-state index >= 15 is 0 Å². The lowest BCUT2D eigenvalue weighted by Gasteiger charge is -2.14. The van der Waals surface area contributed by atoms with Crippen LogP contribution in [0.2, 0.25) is 0 Å². The number of benzene rings is 1. The Morgan fingerprint density at radius 3 is 2.65 bits per heavy atom. The molecule has 1 aromatic carbocycles. The Morgan fingerprint density at radius 1 is 1.19 bits per heavy atom. The van der Waals surface area contributed by atoms with Gasteiger partial charge in [0.25, 0.3) is 0 Å². The van der Waals surface area contributed by atoms with Crippen LogP contribution in [0.3, 0.4) is 0 Å². The summed E-state index contributed by atoms with van der Waals surface area (Å²) in [4.78, 5) is 16.6. The van der Waals surface area contributed by atoms with Gasteiger partial charge >= 0.3 is 5.69 Å². The van der Waals surface area contributed by atoms with Crippen molar-refractivity contribution < 1.29 is 4.74 Å². The third-order valence-corrected chi connectivity index (χ3v) is 5.34. The van der Waals surface area contributed by atoms with Crippen molar-refractivity contribution in [2.45, 2.75) is 58.2 Å². The van der Waals surface area contributed by atoms with Crippen LogP contribution in [0.5, 0.6) is 0 Å². The third kappa shape index (κ3) is 7.64. The smallest absolute Gasteiger partial charge is 0.345 e. The van der Waals surface area contributed by atoms with Gasteiger partial charge in [-0.25, -0.2) is 9.48 Å². The van der Waals surface area contributed by atoms with Crippen LogP contribution in [0.1, 0.15) is 50.1 Å². The summed E-state index contributed by atoms with van der Waals surface area (Å²) < 4.78 is 9.31. The first-order valence-corrected chi connectivity index (χ1v) is 11.0. The fraction of sp³-hybridized carbons (Fsp3) is 0.591. The Labute approximate surface area is 201 Å². The Morgan fingerprint density at radius 2 is 1.94 bits per heavy atom. The van der Waals surface area contributed by atoms with Crippen LogP contribution in [0.25, 0.3) is 0 Å². The lowest BCUT2D eigenvalue weighted by Crippen LogP contribution is -2.39. The number of hydrogen-bond donors (Lipinski definition) is 2. The number of hydrogen-bond acceptors (Lipinski definition) is 4. The summed E-state index contributed by atoms with van der Waals surface area (Å²) in [6.07, 6.45) is 4.91. The molecule has 0 spiro atoms. The van der Waals surface area contributed by atoms with Crippen molar-refractivity contribution in [3.63, 3.8) is 0 Å². The lowest BCUT2D eigenvalue weighted by atomic mass is 10.1. The molecule has 2 heterocycles. The van der Waals surface area contributed by atoms with E-state index in [-0.39, 0.29) is 35.8 Å². The molecule has 2 N–H and O–H groups in total. The SMILES string of the molecule is CN=C(NCCCOC(C)c1ccccc1)NCCCn1nc2n(c1=O)CCCC2.I. The quantitative estimate of drug-likeness (QED) is 0.209. The highest BCUT2D eigenvalue weighted by molar-refractivity contribution is 14.0. The molecule has 9 heteroatoms. The number of halogens is 1. The Kier molecular flexibility index (Phi) is 11.1. The van der Waals surface area contributed by atoms with Gasteiger partial charge in [0.05, 0.1) is 6.10 Å². The average molecular weight is 542 g/mol. The topological polar surface area (TPSA) is 85.5 Å². The van der Waals surface area contributed by atoms with Gasteiger partial charge in [0.15, 0.2) is 5.96 Å². The number of nitrogens with one attached hydrogen (secondary N) is 2. The van der Waals surface area contributed by atoms with Crippen LogP contribution in [-0.4, -0.2) is 47.1 Å². The highest BCUT2D eigenvalue weighted by Gasteiger charge is 2.16. The first kappa shape index (κ1) is 25.4. The van der Waals surface area contributed by atoms with E-state index < -0.39 is 0 Å². The molecule has 31 heavy (non-hydrogen) atoms. The maximum atomic E-state index is 12.3. The van der Waals surface area contributed by atoms with Crippen LogP contribution < -0.4 is 16.3 Å². The number of fused-ring (bicyclic) bond motifs is 1. The minimum atomic E-state index is 0. The van der Waals surface area contributed by atoms with Gasteiger partial charge in [-0.2, -0.15) is 5.10 Å². The highest BCUT2D eigenvalue weighted by atomic mass is 127. The van der Waals surface area contributed by atoms with E-state index in [1.54, 1.807) is 11.7 Å². The minimum Gasteiger partial charge on any atom is -0.374 e. The molecule has 0 amide bonds. The number of rotatable bonds is 10. The second kappa shape index (κ2) is 13.5. The van der Waals surface area contributed by atoms with Gasteiger partial charge < -0.3 is 15.4 Å². The summed E-state index contributed by atoms with van der Waals surface area (Å²) in [5.41, 5.74) is 1.22. The van der Waals surface area contributed by atoms with E-state index in [0.717, 1.165) is 63.5 Å². The molecule has 1 unspecified atom stereocenters. The Bertz CT molecular complexity index is 865. The van der Waals surface area contributed by atoms with Crippen molar-refractivity contribution in [3.05, 3.63) is 52.2 Å². The van der Waals surface area contributed by atoms with Gasteiger partial charge in [0, 0.05) is 46.3 Å². The van der Waals surface area contributed by atoms with Crippen LogP contribution in [0.15, 0.2) is 40.1 Å². The standard InChI is InChI=1S/C22H34N6O2.HI/c1-18(19-10-4-3-5-11-19)30-17-9-14-25-21(23-2)24-13-8-16-28-22(29)27-15-7-6-12-20(27)26-28;/h3-5,10-11,18H,6-9,12-17H2,1-2H3,(H2,23,24,25);1H. The molecule has 0 bridgehead atoms. The highest BCUT2D eigenvalue weighted by Crippen LogP contribution is 2.15. The summed E-state index contributed by atoms with van der Waals surface area (Å²) in [6, 6.07) is 10.2. The first-order valence-electron chi connectivity index (χ1n) is 11.0. The van der Waals surface area contributed by atoms with E-state index in [1.807, 2.05) is 22.8 Å². The molecule has 1 aliphatic heterocycles. The number of guanidine groups is 1. The number of ether oxygens (including phenoxy) is 1. The van der Waals surface area contributed by atoms with Crippen molar-refractivity contribution in [2.24, 2.45) is 4.99 Å². The maximum absolute atomic E-state index is 12.3. The molecule has 0 radical (unpaired) electrons. The minimum absolute atomic E-state index is 0. The zero-order chi connectivity index (χ0) is 21.2. The number of aryl methyl sites for hydroxylation is 2. The van der Waals surface area contributed by atoms with Gasteiger partial charge in [-0.3, -0.25) is 9.56 Å². The summed E-state index contributed by atoms with van der Waals surface area (Å²) in [5, 5.41) is 11.1. The van der Waals surface area contributed by atoms with Crippen molar-refractivity contribution in [2.75, 3.05) is 26.7 Å². The largest absolute Gasteiger partial charge is 0.374 e. The van der Waals surface area contributed by atoms with Gasteiger partial charge in [-0.05, 0) is 38.2 Å². The lowest BCUT2D eigenvalue weighted by molar-refractivity contribution is 0.0646. The molecular weight excluding hydrogens is 507 g/mol. The predicted molar refractivity (Wildman–Crippen MR) is 134 cm³/mol. The Hall–Kier alpha value is -1.88. The maximum Gasteiger partial charge on any atom is 0.345 e. The predicted octanol–water partition coefficient (Wildman–Crippen LogP) is 2.72. The van der Waals surface area contributed by atoms with E-state index in [2.05, 4.69) is 39.8 Å². The molecule has 1 atom stereocenters. The van der Waals surface area contributed by atoms with E-state index in [4.69, 9.17) is 4.74 Å². The molecule has 8 nitrogen and oxygen atoms in total.